The van der Waals surface area contributed by atoms with Gasteiger partial charge in [-0.05, 0) is 39.0 Å². The number of nitrogens with one attached hydrogen (secondary N) is 3. The average molecular weight is 300 g/mol. The number of sulfonamides is 1. The maximum absolute atomic E-state index is 12.3. The SMILES string of the molecule is CCCNCc1cc(S(=O)(=O)NC2CCN(C)C2)c[nH]1. The van der Waals surface area contributed by atoms with E-state index in [9.17, 15) is 8.42 Å². The Morgan fingerprint density at radius 2 is 2.30 bits per heavy atom. The number of aromatic amines is 1. The largest absolute Gasteiger partial charge is 0.363 e. The lowest BCUT2D eigenvalue weighted by molar-refractivity contribution is 0.407. The molecule has 6 nitrogen and oxygen atoms in total. The standard InChI is InChI=1S/C13H24N4O2S/c1-3-5-14-8-12-7-13(9-15-12)20(18,19)16-11-4-6-17(2)10-11/h7,9,11,14-16H,3-6,8,10H2,1-2H3. The van der Waals surface area contributed by atoms with Gasteiger partial charge in [0.15, 0.2) is 0 Å². The number of likely N-dealkylation sites (tertiary alicyclic amines) is 1. The highest BCUT2D eigenvalue weighted by molar-refractivity contribution is 7.89. The molecule has 0 amide bonds. The normalized spacial score (nSPS) is 20.6. The molecular formula is C13H24N4O2S. The van der Waals surface area contributed by atoms with Crippen LogP contribution in [0.2, 0.25) is 0 Å². The Morgan fingerprint density at radius 3 is 2.95 bits per heavy atom. The second kappa shape index (κ2) is 6.71. The minimum absolute atomic E-state index is 0.0153. The molecule has 3 N–H and O–H groups in total. The van der Waals surface area contributed by atoms with Crippen molar-refractivity contribution in [2.75, 3.05) is 26.7 Å². The monoisotopic (exact) mass is 300 g/mol. The van der Waals surface area contributed by atoms with Crippen molar-refractivity contribution in [2.45, 2.75) is 37.2 Å². The average Bonchev–Trinajstić information content (AvgIpc) is 2.99. The summed E-state index contributed by atoms with van der Waals surface area (Å²) < 4.78 is 27.3. The van der Waals surface area contributed by atoms with Crippen molar-refractivity contribution in [3.8, 4) is 0 Å². The first-order valence-corrected chi connectivity index (χ1v) is 8.58. The maximum atomic E-state index is 12.3. The van der Waals surface area contributed by atoms with Crippen molar-refractivity contribution >= 4 is 10.0 Å². The molecule has 1 fully saturated rings. The molecule has 0 aliphatic carbocycles. The topological polar surface area (TPSA) is 77.2 Å². The van der Waals surface area contributed by atoms with E-state index in [0.717, 1.165) is 38.2 Å². The highest BCUT2D eigenvalue weighted by Crippen LogP contribution is 2.14. The quantitative estimate of drug-likeness (QED) is 0.641. The molecule has 114 valence electrons. The van der Waals surface area contributed by atoms with E-state index in [1.807, 2.05) is 7.05 Å². The van der Waals surface area contributed by atoms with Crippen molar-refractivity contribution < 1.29 is 8.42 Å². The summed E-state index contributed by atoms with van der Waals surface area (Å²) in [5, 5.41) is 3.24. The molecule has 20 heavy (non-hydrogen) atoms. The highest BCUT2D eigenvalue weighted by Gasteiger charge is 2.25. The Hall–Kier alpha value is -0.890. The minimum Gasteiger partial charge on any atom is -0.363 e. The molecular weight excluding hydrogens is 276 g/mol. The van der Waals surface area contributed by atoms with Crippen LogP contribution < -0.4 is 10.0 Å². The number of likely N-dealkylation sites (N-methyl/N-ethyl adjacent to an activating group) is 1. The summed E-state index contributed by atoms with van der Waals surface area (Å²) in [6, 6.07) is 1.71. The predicted molar refractivity (Wildman–Crippen MR) is 79.0 cm³/mol. The van der Waals surface area contributed by atoms with Crippen molar-refractivity contribution in [1.82, 2.24) is 19.9 Å². The summed E-state index contributed by atoms with van der Waals surface area (Å²) in [5.74, 6) is 0. The molecule has 1 unspecified atom stereocenters. The van der Waals surface area contributed by atoms with Crippen LogP contribution >= 0.6 is 0 Å². The molecule has 1 aromatic rings. The van der Waals surface area contributed by atoms with E-state index in [1.165, 1.54) is 0 Å². The third-order valence-corrected chi connectivity index (χ3v) is 4.98. The summed E-state index contributed by atoms with van der Waals surface area (Å²) in [7, 11) is -1.41. The third-order valence-electron chi connectivity index (χ3n) is 3.48. The Labute approximate surface area is 121 Å². The van der Waals surface area contributed by atoms with Crippen LogP contribution in [0.4, 0.5) is 0 Å². The van der Waals surface area contributed by atoms with Gasteiger partial charge >= 0.3 is 0 Å². The molecule has 1 aliphatic heterocycles. The summed E-state index contributed by atoms with van der Waals surface area (Å²) >= 11 is 0. The van der Waals surface area contributed by atoms with Crippen molar-refractivity contribution in [1.29, 1.82) is 0 Å². The van der Waals surface area contributed by atoms with E-state index in [4.69, 9.17) is 0 Å². The first-order valence-electron chi connectivity index (χ1n) is 7.10. The zero-order chi connectivity index (χ0) is 14.6. The first kappa shape index (κ1) is 15.5. The van der Waals surface area contributed by atoms with Crippen LogP contribution in [0, 0.1) is 0 Å². The second-order valence-corrected chi connectivity index (χ2v) is 7.12. The van der Waals surface area contributed by atoms with Gasteiger partial charge < -0.3 is 15.2 Å². The minimum atomic E-state index is -3.41. The molecule has 1 aromatic heterocycles. The van der Waals surface area contributed by atoms with Gasteiger partial charge in [0.25, 0.3) is 0 Å². The first-order chi connectivity index (χ1) is 9.51. The van der Waals surface area contributed by atoms with Gasteiger partial charge in [-0.3, -0.25) is 0 Å². The molecule has 1 aliphatic rings. The van der Waals surface area contributed by atoms with E-state index >= 15 is 0 Å². The van der Waals surface area contributed by atoms with E-state index in [2.05, 4.69) is 26.8 Å². The molecule has 2 heterocycles. The van der Waals surface area contributed by atoms with E-state index in [1.54, 1.807) is 12.3 Å². The Bertz CT molecular complexity index is 526. The van der Waals surface area contributed by atoms with Gasteiger partial charge in [0.2, 0.25) is 10.0 Å². The van der Waals surface area contributed by atoms with E-state index < -0.39 is 10.0 Å². The Morgan fingerprint density at radius 1 is 1.50 bits per heavy atom. The molecule has 7 heteroatoms. The number of nitrogens with zero attached hydrogens (tertiary/aromatic N) is 1. The van der Waals surface area contributed by atoms with Gasteiger partial charge in [-0.15, -0.1) is 0 Å². The molecule has 0 aromatic carbocycles. The van der Waals surface area contributed by atoms with Crippen molar-refractivity contribution in [3.63, 3.8) is 0 Å². The molecule has 0 bridgehead atoms. The van der Waals surface area contributed by atoms with Crippen LogP contribution in [0.15, 0.2) is 17.2 Å². The summed E-state index contributed by atoms with van der Waals surface area (Å²) in [5.41, 5.74) is 0.891. The van der Waals surface area contributed by atoms with Gasteiger partial charge in [0.1, 0.15) is 0 Å². The van der Waals surface area contributed by atoms with Gasteiger partial charge in [-0.2, -0.15) is 0 Å². The number of hydrogen-bond donors (Lipinski definition) is 3. The molecule has 0 radical (unpaired) electrons. The second-order valence-electron chi connectivity index (χ2n) is 5.41. The fraction of sp³-hybridized carbons (Fsp3) is 0.692. The van der Waals surface area contributed by atoms with Crippen molar-refractivity contribution in [3.05, 3.63) is 18.0 Å². The van der Waals surface area contributed by atoms with E-state index in [0.29, 0.717) is 11.4 Å². The number of H-pyrrole nitrogens is 1. The molecule has 2 rings (SSSR count). The van der Waals surface area contributed by atoms with Crippen LogP contribution in [0.3, 0.4) is 0 Å². The predicted octanol–water partition coefficient (Wildman–Crippen LogP) is 0.497. The van der Waals surface area contributed by atoms with Gasteiger partial charge in [0, 0.05) is 31.0 Å². The van der Waals surface area contributed by atoms with Gasteiger partial charge in [-0.1, -0.05) is 6.92 Å². The zero-order valence-corrected chi connectivity index (χ0v) is 13.0. The maximum Gasteiger partial charge on any atom is 0.242 e. The smallest absolute Gasteiger partial charge is 0.242 e. The van der Waals surface area contributed by atoms with Crippen molar-refractivity contribution in [2.24, 2.45) is 0 Å². The molecule has 0 saturated carbocycles. The van der Waals surface area contributed by atoms with Crippen LogP contribution in [-0.2, 0) is 16.6 Å². The fourth-order valence-corrected chi connectivity index (χ4v) is 3.67. The Kier molecular flexibility index (Phi) is 5.20. The zero-order valence-electron chi connectivity index (χ0n) is 12.1. The van der Waals surface area contributed by atoms with Crippen LogP contribution in [0.25, 0.3) is 0 Å². The number of aromatic nitrogens is 1. The third kappa shape index (κ3) is 4.05. The molecule has 0 spiro atoms. The molecule has 1 saturated heterocycles. The summed E-state index contributed by atoms with van der Waals surface area (Å²) in [6.07, 6.45) is 3.48. The molecule has 1 atom stereocenters. The van der Waals surface area contributed by atoms with Crippen LogP contribution in [0.1, 0.15) is 25.5 Å². The lowest BCUT2D eigenvalue weighted by atomic mass is 10.3. The lowest BCUT2D eigenvalue weighted by Crippen LogP contribution is -2.36. The van der Waals surface area contributed by atoms with Crippen LogP contribution in [0.5, 0.6) is 0 Å². The summed E-state index contributed by atoms with van der Waals surface area (Å²) in [4.78, 5) is 5.46. The Balaban J connectivity index is 1.95. The lowest BCUT2D eigenvalue weighted by Gasteiger charge is -2.12. The van der Waals surface area contributed by atoms with Gasteiger partial charge in [-0.25, -0.2) is 13.1 Å². The summed E-state index contributed by atoms with van der Waals surface area (Å²) in [6.45, 7) is 5.39. The fourth-order valence-electron chi connectivity index (χ4n) is 2.39. The highest BCUT2D eigenvalue weighted by atomic mass is 32.2. The van der Waals surface area contributed by atoms with E-state index in [-0.39, 0.29) is 6.04 Å². The van der Waals surface area contributed by atoms with Gasteiger partial charge in [0.05, 0.1) is 4.90 Å². The van der Waals surface area contributed by atoms with Crippen LogP contribution in [-0.4, -0.2) is 51.0 Å². The number of rotatable bonds is 7. The number of hydrogen-bond acceptors (Lipinski definition) is 4.